The maximum absolute atomic E-state index is 3.28. The molecular weight excluding hydrogens is 170 g/mol. The van der Waals surface area contributed by atoms with Crippen molar-refractivity contribution >= 4 is 5.69 Å². The van der Waals surface area contributed by atoms with E-state index >= 15 is 0 Å². The first-order valence-electron chi connectivity index (χ1n) is 5.13. The summed E-state index contributed by atoms with van der Waals surface area (Å²) in [6.45, 7) is 8.55. The number of benzene rings is 1. The van der Waals surface area contributed by atoms with Gasteiger partial charge in [0.15, 0.2) is 0 Å². The lowest BCUT2D eigenvalue weighted by Gasteiger charge is -2.10. The molecule has 1 aromatic carbocycles. The highest BCUT2D eigenvalue weighted by Crippen LogP contribution is 2.22. The Balaban J connectivity index is 2.96. The van der Waals surface area contributed by atoms with E-state index in [-0.39, 0.29) is 0 Å². The van der Waals surface area contributed by atoms with Gasteiger partial charge in [-0.15, -0.1) is 0 Å². The summed E-state index contributed by atoms with van der Waals surface area (Å²) in [5, 5.41) is 3.28. The first-order chi connectivity index (χ1) is 6.65. The van der Waals surface area contributed by atoms with Gasteiger partial charge in [-0.05, 0) is 43.2 Å². The van der Waals surface area contributed by atoms with Crippen LogP contribution in [0.2, 0.25) is 0 Å². The molecule has 1 N–H and O–H groups in total. The van der Waals surface area contributed by atoms with Gasteiger partial charge < -0.3 is 5.32 Å². The van der Waals surface area contributed by atoms with E-state index in [1.165, 1.54) is 16.8 Å². The van der Waals surface area contributed by atoms with Crippen LogP contribution in [0.4, 0.5) is 5.69 Å². The normalized spacial score (nSPS) is 11.2. The van der Waals surface area contributed by atoms with Gasteiger partial charge in [-0.1, -0.05) is 32.1 Å². The number of rotatable bonds is 3. The summed E-state index contributed by atoms with van der Waals surface area (Å²) >= 11 is 0. The van der Waals surface area contributed by atoms with Crippen LogP contribution < -0.4 is 5.32 Å². The summed E-state index contributed by atoms with van der Waals surface area (Å²) in [5.41, 5.74) is 3.87. The molecule has 0 saturated heterocycles. The molecule has 0 saturated carbocycles. The van der Waals surface area contributed by atoms with Crippen molar-refractivity contribution < 1.29 is 0 Å². The van der Waals surface area contributed by atoms with Crippen molar-refractivity contribution in [1.29, 1.82) is 0 Å². The summed E-state index contributed by atoms with van der Waals surface area (Å²) in [5.74, 6) is 0.585. The topological polar surface area (TPSA) is 12.0 Å². The highest BCUT2D eigenvalue weighted by molar-refractivity contribution is 5.54. The van der Waals surface area contributed by atoms with Gasteiger partial charge in [-0.3, -0.25) is 0 Å². The summed E-state index contributed by atoms with van der Waals surface area (Å²) in [6, 6.07) is 6.59. The SMILES string of the molecule is C/C=C\Nc1cc(C(C)C)ccc1C. The van der Waals surface area contributed by atoms with E-state index in [0.717, 1.165) is 0 Å². The van der Waals surface area contributed by atoms with Gasteiger partial charge in [0.05, 0.1) is 0 Å². The highest BCUT2D eigenvalue weighted by atomic mass is 14.8. The van der Waals surface area contributed by atoms with E-state index in [2.05, 4.69) is 44.3 Å². The number of hydrogen-bond donors (Lipinski definition) is 1. The van der Waals surface area contributed by atoms with Crippen LogP contribution in [0.25, 0.3) is 0 Å². The molecule has 1 rings (SSSR count). The predicted molar refractivity (Wildman–Crippen MR) is 63.7 cm³/mol. The van der Waals surface area contributed by atoms with E-state index in [4.69, 9.17) is 0 Å². The molecule has 0 unspecified atom stereocenters. The molecule has 0 amide bonds. The van der Waals surface area contributed by atoms with E-state index < -0.39 is 0 Å². The molecule has 1 heteroatoms. The zero-order valence-corrected chi connectivity index (χ0v) is 9.46. The molecule has 0 spiro atoms. The van der Waals surface area contributed by atoms with E-state index in [0.29, 0.717) is 5.92 Å². The standard InChI is InChI=1S/C13H19N/c1-5-8-14-13-9-12(10(2)3)7-6-11(13)4/h5-10,14H,1-4H3/b8-5-. The Labute approximate surface area is 86.8 Å². The van der Waals surface area contributed by atoms with Crippen molar-refractivity contribution in [3.63, 3.8) is 0 Å². The third-order valence-electron chi connectivity index (χ3n) is 2.33. The summed E-state index contributed by atoms with van der Waals surface area (Å²) in [4.78, 5) is 0. The van der Waals surface area contributed by atoms with Crippen molar-refractivity contribution in [2.45, 2.75) is 33.6 Å². The van der Waals surface area contributed by atoms with Gasteiger partial charge in [0.1, 0.15) is 0 Å². The van der Waals surface area contributed by atoms with Gasteiger partial charge >= 0.3 is 0 Å². The molecule has 14 heavy (non-hydrogen) atoms. The zero-order valence-electron chi connectivity index (χ0n) is 9.46. The van der Waals surface area contributed by atoms with Crippen molar-refractivity contribution in [3.05, 3.63) is 41.6 Å². The molecule has 0 atom stereocenters. The fourth-order valence-corrected chi connectivity index (χ4v) is 1.33. The summed E-state index contributed by atoms with van der Waals surface area (Å²) in [7, 11) is 0. The van der Waals surface area contributed by atoms with Crippen molar-refractivity contribution in [1.82, 2.24) is 0 Å². The number of nitrogens with one attached hydrogen (secondary N) is 1. The molecule has 0 aliphatic heterocycles. The fraction of sp³-hybridized carbons (Fsp3) is 0.385. The van der Waals surface area contributed by atoms with E-state index in [1.54, 1.807) is 0 Å². The second kappa shape index (κ2) is 4.85. The van der Waals surface area contributed by atoms with Crippen molar-refractivity contribution in [3.8, 4) is 0 Å². The van der Waals surface area contributed by atoms with Crippen molar-refractivity contribution in [2.24, 2.45) is 0 Å². The molecule has 0 heterocycles. The van der Waals surface area contributed by atoms with E-state index in [9.17, 15) is 0 Å². The Morgan fingerprint density at radius 2 is 2.00 bits per heavy atom. The van der Waals surface area contributed by atoms with Crippen molar-refractivity contribution in [2.75, 3.05) is 5.32 Å². The van der Waals surface area contributed by atoms with Crippen LogP contribution in [-0.2, 0) is 0 Å². The van der Waals surface area contributed by atoms with Gasteiger partial charge in [-0.2, -0.15) is 0 Å². The van der Waals surface area contributed by atoms with Crippen LogP contribution in [0.5, 0.6) is 0 Å². The maximum atomic E-state index is 3.28. The Morgan fingerprint density at radius 3 is 2.57 bits per heavy atom. The minimum atomic E-state index is 0.585. The van der Waals surface area contributed by atoms with Gasteiger partial charge in [0, 0.05) is 5.69 Å². The second-order valence-corrected chi connectivity index (χ2v) is 3.87. The summed E-state index contributed by atoms with van der Waals surface area (Å²) < 4.78 is 0. The molecule has 0 aliphatic carbocycles. The minimum Gasteiger partial charge on any atom is -0.362 e. The Bertz CT molecular complexity index is 324. The Morgan fingerprint density at radius 1 is 1.29 bits per heavy atom. The number of allylic oxidation sites excluding steroid dienone is 1. The smallest absolute Gasteiger partial charge is 0.0412 e. The first-order valence-corrected chi connectivity index (χ1v) is 5.13. The molecule has 0 aromatic heterocycles. The second-order valence-electron chi connectivity index (χ2n) is 3.87. The Kier molecular flexibility index (Phi) is 3.75. The Hall–Kier alpha value is -1.24. The van der Waals surface area contributed by atoms with Crippen LogP contribution in [0.3, 0.4) is 0 Å². The zero-order chi connectivity index (χ0) is 10.6. The molecule has 76 valence electrons. The third-order valence-corrected chi connectivity index (χ3v) is 2.33. The lowest BCUT2D eigenvalue weighted by Crippen LogP contribution is -1.94. The van der Waals surface area contributed by atoms with Crippen LogP contribution in [-0.4, -0.2) is 0 Å². The van der Waals surface area contributed by atoms with Crippen LogP contribution in [0.1, 0.15) is 37.8 Å². The molecule has 0 fully saturated rings. The number of aryl methyl sites for hydroxylation is 1. The van der Waals surface area contributed by atoms with E-state index in [1.807, 2.05) is 19.2 Å². The number of anilines is 1. The largest absolute Gasteiger partial charge is 0.362 e. The average molecular weight is 189 g/mol. The van der Waals surface area contributed by atoms with Crippen LogP contribution >= 0.6 is 0 Å². The van der Waals surface area contributed by atoms with Gasteiger partial charge in [0.2, 0.25) is 0 Å². The summed E-state index contributed by atoms with van der Waals surface area (Å²) in [6.07, 6.45) is 3.97. The minimum absolute atomic E-state index is 0.585. The molecule has 1 aromatic rings. The van der Waals surface area contributed by atoms with Gasteiger partial charge in [0.25, 0.3) is 0 Å². The molecule has 0 radical (unpaired) electrons. The quantitative estimate of drug-likeness (QED) is 0.756. The lowest BCUT2D eigenvalue weighted by molar-refractivity contribution is 0.866. The predicted octanol–water partition coefficient (Wildman–Crippen LogP) is 4.06. The van der Waals surface area contributed by atoms with Crippen LogP contribution in [0, 0.1) is 6.92 Å². The highest BCUT2D eigenvalue weighted by Gasteiger charge is 2.01. The fourth-order valence-electron chi connectivity index (χ4n) is 1.33. The molecule has 0 bridgehead atoms. The maximum Gasteiger partial charge on any atom is 0.0412 e. The number of hydrogen-bond acceptors (Lipinski definition) is 1. The third kappa shape index (κ3) is 2.63. The molecule has 0 aliphatic rings. The monoisotopic (exact) mass is 189 g/mol. The average Bonchev–Trinajstić information content (AvgIpc) is 2.16. The molecular formula is C13H19N. The van der Waals surface area contributed by atoms with Crippen LogP contribution in [0.15, 0.2) is 30.5 Å². The molecule has 1 nitrogen and oxygen atoms in total. The lowest BCUT2D eigenvalue weighted by atomic mass is 10.0. The first kappa shape index (κ1) is 10.8. The van der Waals surface area contributed by atoms with Gasteiger partial charge in [-0.25, -0.2) is 0 Å².